The van der Waals surface area contributed by atoms with Gasteiger partial charge in [0.25, 0.3) is 5.91 Å². The van der Waals surface area contributed by atoms with Crippen molar-refractivity contribution in [1.29, 1.82) is 0 Å². The van der Waals surface area contributed by atoms with Gasteiger partial charge in [0.2, 0.25) is 0 Å². The van der Waals surface area contributed by atoms with Gasteiger partial charge in [-0.1, -0.05) is 34.1 Å². The molecule has 1 aromatic carbocycles. The molecule has 0 unspecified atom stereocenters. The second kappa shape index (κ2) is 5.73. The van der Waals surface area contributed by atoms with E-state index in [-0.39, 0.29) is 5.91 Å². The van der Waals surface area contributed by atoms with Crippen LogP contribution < -0.4 is 5.32 Å². The second-order valence-corrected chi connectivity index (χ2v) is 4.67. The summed E-state index contributed by atoms with van der Waals surface area (Å²) >= 11 is 3.43. The molecule has 2 aromatic rings. The fourth-order valence-corrected chi connectivity index (χ4v) is 1.84. The zero-order valence-electron chi connectivity index (χ0n) is 9.85. The summed E-state index contributed by atoms with van der Waals surface area (Å²) < 4.78 is 0.972. The zero-order chi connectivity index (χ0) is 13.0. The molecule has 0 aliphatic carbocycles. The maximum atomic E-state index is 11.8. The number of aryl methyl sites for hydroxylation is 1. The summed E-state index contributed by atoms with van der Waals surface area (Å²) in [5.41, 5.74) is 2.14. The maximum absolute atomic E-state index is 11.8. The molecule has 1 amide bonds. The number of amides is 1. The first-order chi connectivity index (χ1) is 8.66. The lowest BCUT2D eigenvalue weighted by Crippen LogP contribution is -2.24. The van der Waals surface area contributed by atoms with Crippen LogP contribution in [-0.4, -0.2) is 15.9 Å². The van der Waals surface area contributed by atoms with Crippen molar-refractivity contribution in [2.75, 3.05) is 0 Å². The Balaban J connectivity index is 2.01. The normalized spacial score (nSPS) is 10.1. The number of aromatic nitrogens is 2. The van der Waals surface area contributed by atoms with E-state index < -0.39 is 0 Å². The van der Waals surface area contributed by atoms with Gasteiger partial charge in [-0.05, 0) is 18.6 Å². The summed E-state index contributed by atoms with van der Waals surface area (Å²) in [6, 6.07) is 7.75. The van der Waals surface area contributed by atoms with Crippen LogP contribution in [-0.2, 0) is 6.54 Å². The Morgan fingerprint density at radius 3 is 2.72 bits per heavy atom. The quantitative estimate of drug-likeness (QED) is 0.948. The van der Waals surface area contributed by atoms with Crippen molar-refractivity contribution >= 4 is 21.8 Å². The molecule has 0 atom stereocenters. The van der Waals surface area contributed by atoms with Gasteiger partial charge in [0.05, 0.1) is 11.9 Å². The van der Waals surface area contributed by atoms with Gasteiger partial charge in [0.1, 0.15) is 5.69 Å². The first kappa shape index (κ1) is 12.7. The van der Waals surface area contributed by atoms with Gasteiger partial charge >= 0.3 is 0 Å². The van der Waals surface area contributed by atoms with Gasteiger partial charge in [-0.3, -0.25) is 9.78 Å². The molecule has 0 saturated carbocycles. The molecular weight excluding hydrogens is 294 g/mol. The summed E-state index contributed by atoms with van der Waals surface area (Å²) in [4.78, 5) is 19.9. The Labute approximate surface area is 114 Å². The van der Waals surface area contributed by atoms with Crippen molar-refractivity contribution in [2.24, 2.45) is 0 Å². The molecule has 1 aromatic heterocycles. The highest BCUT2D eigenvalue weighted by molar-refractivity contribution is 9.10. The smallest absolute Gasteiger partial charge is 0.271 e. The second-order valence-electron chi connectivity index (χ2n) is 3.82. The molecule has 1 N–H and O–H groups in total. The number of rotatable bonds is 3. The third-order valence-corrected chi connectivity index (χ3v) is 3.18. The van der Waals surface area contributed by atoms with Crippen LogP contribution in [0.5, 0.6) is 0 Å². The zero-order valence-corrected chi connectivity index (χ0v) is 11.4. The Morgan fingerprint density at radius 1 is 1.28 bits per heavy atom. The highest BCUT2D eigenvalue weighted by Gasteiger charge is 2.07. The number of carbonyl (C=O) groups is 1. The van der Waals surface area contributed by atoms with Crippen LogP contribution >= 0.6 is 15.9 Å². The van der Waals surface area contributed by atoms with Gasteiger partial charge in [-0.25, -0.2) is 4.98 Å². The van der Waals surface area contributed by atoms with Crippen LogP contribution in [0.1, 0.15) is 21.7 Å². The van der Waals surface area contributed by atoms with Gasteiger partial charge in [-0.15, -0.1) is 0 Å². The van der Waals surface area contributed by atoms with E-state index in [9.17, 15) is 4.79 Å². The monoisotopic (exact) mass is 305 g/mol. The van der Waals surface area contributed by atoms with Gasteiger partial charge in [0.15, 0.2) is 0 Å². The van der Waals surface area contributed by atoms with Crippen LogP contribution in [0.25, 0.3) is 0 Å². The van der Waals surface area contributed by atoms with Crippen LogP contribution in [0, 0.1) is 6.92 Å². The summed E-state index contributed by atoms with van der Waals surface area (Å²) in [6.07, 6.45) is 3.05. The Morgan fingerprint density at radius 2 is 2.06 bits per heavy atom. The van der Waals surface area contributed by atoms with Gasteiger partial charge in [0, 0.05) is 17.2 Å². The third kappa shape index (κ3) is 3.13. The molecule has 0 aliphatic rings. The number of hydrogen-bond donors (Lipinski definition) is 1. The van der Waals surface area contributed by atoms with Crippen LogP contribution in [0.3, 0.4) is 0 Å². The topological polar surface area (TPSA) is 54.9 Å². The van der Waals surface area contributed by atoms with Crippen molar-refractivity contribution < 1.29 is 4.79 Å². The fourth-order valence-electron chi connectivity index (χ4n) is 1.42. The van der Waals surface area contributed by atoms with E-state index in [4.69, 9.17) is 0 Å². The van der Waals surface area contributed by atoms with Crippen LogP contribution in [0.2, 0.25) is 0 Å². The third-order valence-electron chi connectivity index (χ3n) is 2.41. The number of nitrogens with zero attached hydrogens (tertiary/aromatic N) is 2. The van der Waals surface area contributed by atoms with Crippen molar-refractivity contribution in [1.82, 2.24) is 15.3 Å². The summed E-state index contributed by atoms with van der Waals surface area (Å²) in [6.45, 7) is 2.28. The van der Waals surface area contributed by atoms with E-state index in [1.807, 2.05) is 31.2 Å². The van der Waals surface area contributed by atoms with E-state index in [0.717, 1.165) is 15.7 Å². The minimum absolute atomic E-state index is 0.224. The number of hydrogen-bond acceptors (Lipinski definition) is 3. The molecule has 92 valence electrons. The molecule has 1 heterocycles. The summed E-state index contributed by atoms with van der Waals surface area (Å²) in [7, 11) is 0. The first-order valence-electron chi connectivity index (χ1n) is 5.47. The molecule has 0 bridgehead atoms. The van der Waals surface area contributed by atoms with E-state index in [1.54, 1.807) is 6.20 Å². The predicted octanol–water partition coefficient (Wildman–Crippen LogP) is 2.48. The molecule has 0 saturated heterocycles. The Kier molecular flexibility index (Phi) is 4.04. The van der Waals surface area contributed by atoms with E-state index in [1.165, 1.54) is 6.20 Å². The molecular formula is C13H12BrN3O. The van der Waals surface area contributed by atoms with Crippen molar-refractivity contribution in [2.45, 2.75) is 13.5 Å². The number of halogens is 1. The largest absolute Gasteiger partial charge is 0.347 e. The molecule has 0 fully saturated rings. The predicted molar refractivity (Wildman–Crippen MR) is 72.1 cm³/mol. The fraction of sp³-hybridized carbons (Fsp3) is 0.154. The Hall–Kier alpha value is -1.75. The molecule has 0 aliphatic heterocycles. The summed E-state index contributed by atoms with van der Waals surface area (Å²) in [5, 5.41) is 2.80. The van der Waals surface area contributed by atoms with Crippen LogP contribution in [0.15, 0.2) is 41.1 Å². The van der Waals surface area contributed by atoms with E-state index in [0.29, 0.717) is 12.2 Å². The van der Waals surface area contributed by atoms with Crippen molar-refractivity contribution in [3.8, 4) is 0 Å². The maximum Gasteiger partial charge on any atom is 0.271 e. The first-order valence-corrected chi connectivity index (χ1v) is 6.26. The van der Waals surface area contributed by atoms with Gasteiger partial charge < -0.3 is 5.32 Å². The minimum Gasteiger partial charge on any atom is -0.347 e. The molecule has 2 rings (SSSR count). The highest BCUT2D eigenvalue weighted by Crippen LogP contribution is 2.15. The van der Waals surface area contributed by atoms with E-state index in [2.05, 4.69) is 31.2 Å². The number of carbonyl (C=O) groups excluding carboxylic acids is 1. The highest BCUT2D eigenvalue weighted by atomic mass is 79.9. The Bertz CT molecular complexity index is 554. The van der Waals surface area contributed by atoms with Crippen LogP contribution in [0.4, 0.5) is 0 Å². The van der Waals surface area contributed by atoms with Crippen molar-refractivity contribution in [3.63, 3.8) is 0 Å². The number of benzene rings is 1. The lowest BCUT2D eigenvalue weighted by Gasteiger charge is -2.06. The van der Waals surface area contributed by atoms with Crippen molar-refractivity contribution in [3.05, 3.63) is 58.1 Å². The molecule has 0 spiro atoms. The standard InChI is InChI=1S/C13H12BrN3O/c1-9-6-16-12(8-15-9)13(18)17-7-10-4-2-3-5-11(10)14/h2-6,8H,7H2,1H3,(H,17,18). The average molecular weight is 306 g/mol. The molecule has 18 heavy (non-hydrogen) atoms. The molecule has 4 nitrogen and oxygen atoms in total. The lowest BCUT2D eigenvalue weighted by molar-refractivity contribution is 0.0945. The minimum atomic E-state index is -0.224. The molecule has 5 heteroatoms. The van der Waals surface area contributed by atoms with E-state index >= 15 is 0 Å². The van der Waals surface area contributed by atoms with Gasteiger partial charge in [-0.2, -0.15) is 0 Å². The summed E-state index contributed by atoms with van der Waals surface area (Å²) in [5.74, 6) is -0.224. The number of nitrogens with one attached hydrogen (secondary N) is 1. The SMILES string of the molecule is Cc1cnc(C(=O)NCc2ccccc2Br)cn1. The molecule has 0 radical (unpaired) electrons. The average Bonchev–Trinajstić information content (AvgIpc) is 2.38. The lowest BCUT2D eigenvalue weighted by atomic mass is 10.2.